The molecule has 0 aliphatic carbocycles. The summed E-state index contributed by atoms with van der Waals surface area (Å²) in [4.78, 5) is 11.9. The number of sulfonamides is 1. The average molecular weight is 342 g/mol. The Kier molecular flexibility index (Phi) is 7.35. The molecule has 0 spiro atoms. The number of hydrogen-bond acceptors (Lipinski definition) is 4. The summed E-state index contributed by atoms with van der Waals surface area (Å²) in [5.41, 5.74) is 0.452. The maximum absolute atomic E-state index is 12.1. The lowest BCUT2D eigenvalue weighted by molar-refractivity contribution is -0.121. The van der Waals surface area contributed by atoms with Gasteiger partial charge >= 0.3 is 0 Å². The van der Waals surface area contributed by atoms with E-state index in [1.165, 1.54) is 4.31 Å². The first-order valence-corrected chi connectivity index (χ1v) is 9.63. The molecule has 0 aromatic heterocycles. The highest BCUT2D eigenvalue weighted by Gasteiger charge is 2.22. The smallest absolute Gasteiger partial charge is 0.232 e. The van der Waals surface area contributed by atoms with E-state index in [1.54, 1.807) is 24.3 Å². The Morgan fingerprint density at radius 1 is 1.30 bits per heavy atom. The van der Waals surface area contributed by atoms with Gasteiger partial charge in [0.05, 0.1) is 18.6 Å². The second-order valence-electron chi connectivity index (χ2n) is 5.36. The van der Waals surface area contributed by atoms with Crippen molar-refractivity contribution in [3.63, 3.8) is 0 Å². The van der Waals surface area contributed by atoms with Crippen molar-refractivity contribution in [2.45, 2.75) is 39.7 Å². The van der Waals surface area contributed by atoms with Crippen LogP contribution in [0.4, 0.5) is 5.69 Å². The molecule has 130 valence electrons. The first kappa shape index (κ1) is 19.3. The SMILES string of the molecule is CCOc1ccccc1N(CCC(=O)NC(C)CC)S(C)(=O)=O. The van der Waals surface area contributed by atoms with E-state index >= 15 is 0 Å². The summed E-state index contributed by atoms with van der Waals surface area (Å²) in [6.45, 7) is 6.23. The van der Waals surface area contributed by atoms with E-state index in [4.69, 9.17) is 4.74 Å². The number of carbonyl (C=O) groups is 1. The van der Waals surface area contributed by atoms with Crippen molar-refractivity contribution < 1.29 is 17.9 Å². The molecular weight excluding hydrogens is 316 g/mol. The number of carbonyl (C=O) groups excluding carboxylic acids is 1. The quantitative estimate of drug-likeness (QED) is 0.746. The highest BCUT2D eigenvalue weighted by atomic mass is 32.2. The molecule has 7 heteroatoms. The number of anilines is 1. The summed E-state index contributed by atoms with van der Waals surface area (Å²) in [5, 5.41) is 2.84. The Hall–Kier alpha value is -1.76. The fourth-order valence-corrected chi connectivity index (χ4v) is 2.99. The lowest BCUT2D eigenvalue weighted by Crippen LogP contribution is -2.37. The van der Waals surface area contributed by atoms with Gasteiger partial charge in [0, 0.05) is 19.0 Å². The van der Waals surface area contributed by atoms with E-state index in [9.17, 15) is 13.2 Å². The monoisotopic (exact) mass is 342 g/mol. The molecule has 0 saturated carbocycles. The van der Waals surface area contributed by atoms with E-state index < -0.39 is 10.0 Å². The van der Waals surface area contributed by atoms with Crippen LogP contribution in [0.25, 0.3) is 0 Å². The molecule has 1 aromatic carbocycles. The topological polar surface area (TPSA) is 75.7 Å². The van der Waals surface area contributed by atoms with Crippen LogP contribution in [0.1, 0.15) is 33.6 Å². The van der Waals surface area contributed by atoms with Crippen LogP contribution in [0.2, 0.25) is 0 Å². The van der Waals surface area contributed by atoms with E-state index in [2.05, 4.69) is 5.32 Å². The molecule has 0 saturated heterocycles. The average Bonchev–Trinajstić information content (AvgIpc) is 2.47. The van der Waals surface area contributed by atoms with Crippen molar-refractivity contribution in [1.29, 1.82) is 0 Å². The van der Waals surface area contributed by atoms with Gasteiger partial charge in [0.25, 0.3) is 0 Å². The predicted molar refractivity (Wildman–Crippen MR) is 92.3 cm³/mol. The summed E-state index contributed by atoms with van der Waals surface area (Å²) in [6.07, 6.45) is 2.05. The van der Waals surface area contributed by atoms with Crippen molar-refractivity contribution >= 4 is 21.6 Å². The van der Waals surface area contributed by atoms with Gasteiger partial charge in [-0.05, 0) is 32.4 Å². The van der Waals surface area contributed by atoms with E-state index in [0.29, 0.717) is 18.0 Å². The van der Waals surface area contributed by atoms with Crippen LogP contribution in [0, 0.1) is 0 Å². The van der Waals surface area contributed by atoms with Gasteiger partial charge in [-0.15, -0.1) is 0 Å². The zero-order valence-electron chi connectivity index (χ0n) is 14.2. The number of ether oxygens (including phenoxy) is 1. The Morgan fingerprint density at radius 2 is 1.96 bits per heavy atom. The van der Waals surface area contributed by atoms with Crippen LogP contribution >= 0.6 is 0 Å². The maximum atomic E-state index is 12.1. The molecule has 0 fully saturated rings. The van der Waals surface area contributed by atoms with Crippen molar-refractivity contribution in [3.05, 3.63) is 24.3 Å². The van der Waals surface area contributed by atoms with Crippen LogP contribution in [0.15, 0.2) is 24.3 Å². The second-order valence-corrected chi connectivity index (χ2v) is 7.27. The van der Waals surface area contributed by atoms with Gasteiger partial charge in [-0.1, -0.05) is 19.1 Å². The molecule has 1 N–H and O–H groups in total. The number of amides is 1. The maximum Gasteiger partial charge on any atom is 0.232 e. The number of para-hydroxylation sites is 2. The zero-order valence-corrected chi connectivity index (χ0v) is 15.0. The lowest BCUT2D eigenvalue weighted by atomic mass is 10.2. The van der Waals surface area contributed by atoms with Crippen LogP contribution in [-0.4, -0.2) is 39.8 Å². The van der Waals surface area contributed by atoms with Crippen LogP contribution < -0.4 is 14.4 Å². The first-order valence-electron chi connectivity index (χ1n) is 7.78. The molecule has 1 atom stereocenters. The lowest BCUT2D eigenvalue weighted by Gasteiger charge is -2.24. The van der Waals surface area contributed by atoms with Gasteiger partial charge in [-0.3, -0.25) is 9.10 Å². The van der Waals surface area contributed by atoms with Gasteiger partial charge in [-0.2, -0.15) is 0 Å². The molecular formula is C16H26N2O4S. The highest BCUT2D eigenvalue weighted by molar-refractivity contribution is 7.92. The van der Waals surface area contributed by atoms with Crippen LogP contribution in [0.5, 0.6) is 5.75 Å². The third-order valence-corrected chi connectivity index (χ3v) is 4.58. The molecule has 1 rings (SSSR count). The van der Waals surface area contributed by atoms with Gasteiger partial charge in [-0.25, -0.2) is 8.42 Å². The number of rotatable bonds is 9. The first-order chi connectivity index (χ1) is 10.8. The fourth-order valence-electron chi connectivity index (χ4n) is 2.06. The van der Waals surface area contributed by atoms with E-state index in [-0.39, 0.29) is 24.9 Å². The van der Waals surface area contributed by atoms with E-state index in [0.717, 1.165) is 12.7 Å². The minimum atomic E-state index is -3.52. The normalized spacial score (nSPS) is 12.5. The molecule has 0 bridgehead atoms. The molecule has 1 amide bonds. The molecule has 1 aromatic rings. The fraction of sp³-hybridized carbons (Fsp3) is 0.562. The zero-order chi connectivity index (χ0) is 17.5. The van der Waals surface area contributed by atoms with Gasteiger partial charge in [0.1, 0.15) is 5.75 Å². The molecule has 0 aliphatic heterocycles. The van der Waals surface area contributed by atoms with Gasteiger partial charge < -0.3 is 10.1 Å². The summed E-state index contributed by atoms with van der Waals surface area (Å²) < 4.78 is 30.9. The molecule has 0 radical (unpaired) electrons. The Bertz CT molecular complexity index is 616. The van der Waals surface area contributed by atoms with Crippen molar-refractivity contribution in [1.82, 2.24) is 5.32 Å². The molecule has 0 aliphatic rings. The minimum Gasteiger partial charge on any atom is -0.492 e. The Balaban J connectivity index is 2.93. The molecule has 0 heterocycles. The predicted octanol–water partition coefficient (Wildman–Crippen LogP) is 2.16. The van der Waals surface area contributed by atoms with Crippen molar-refractivity contribution in [3.8, 4) is 5.75 Å². The molecule has 23 heavy (non-hydrogen) atoms. The van der Waals surface area contributed by atoms with Crippen molar-refractivity contribution in [2.24, 2.45) is 0 Å². The van der Waals surface area contributed by atoms with E-state index in [1.807, 2.05) is 20.8 Å². The molecule has 1 unspecified atom stereocenters. The number of nitrogens with zero attached hydrogens (tertiary/aromatic N) is 1. The largest absolute Gasteiger partial charge is 0.492 e. The summed E-state index contributed by atoms with van der Waals surface area (Å²) >= 11 is 0. The summed E-state index contributed by atoms with van der Waals surface area (Å²) in [7, 11) is -3.52. The minimum absolute atomic E-state index is 0.0740. The van der Waals surface area contributed by atoms with Crippen molar-refractivity contribution in [2.75, 3.05) is 23.7 Å². The summed E-state index contributed by atoms with van der Waals surface area (Å²) in [6, 6.07) is 7.00. The Labute approximate surface area is 138 Å². The number of nitrogens with one attached hydrogen (secondary N) is 1. The second kappa shape index (κ2) is 8.76. The van der Waals surface area contributed by atoms with Gasteiger partial charge in [0.2, 0.25) is 15.9 Å². The van der Waals surface area contributed by atoms with Crippen LogP contribution in [0.3, 0.4) is 0 Å². The number of hydrogen-bond donors (Lipinski definition) is 1. The van der Waals surface area contributed by atoms with Crippen LogP contribution in [-0.2, 0) is 14.8 Å². The van der Waals surface area contributed by atoms with Gasteiger partial charge in [0.15, 0.2) is 0 Å². The third-order valence-electron chi connectivity index (χ3n) is 3.40. The molecule has 6 nitrogen and oxygen atoms in total. The standard InChI is InChI=1S/C16H26N2O4S/c1-5-13(3)17-16(19)11-12-18(23(4,20)21)14-9-7-8-10-15(14)22-6-2/h7-10,13H,5-6,11-12H2,1-4H3,(H,17,19). The number of benzene rings is 1. The summed E-state index contributed by atoms with van der Waals surface area (Å²) in [5.74, 6) is 0.324. The third kappa shape index (κ3) is 6.09. The highest BCUT2D eigenvalue weighted by Crippen LogP contribution is 2.29. The Morgan fingerprint density at radius 3 is 2.52 bits per heavy atom.